The molecule has 0 saturated carbocycles. The maximum atomic E-state index is 12.5. The number of carbonyl (C=O) groups excluding carboxylic acids is 5. The molecular weight excluding hydrogens is 634 g/mol. The van der Waals surface area contributed by atoms with Crippen LogP contribution < -0.4 is 0 Å². The standard InChI is InChI=1S/C41H75NO8/c1-42(2)33-27-32-39(45)50-38(30-25-21-17-13-9-5-7-11-15-19-23-28-36(43)34-40(46)48-3)31-26-22-18-14-10-6-8-12-16-20-24-29-37(44)35-41(47)49-4/h38H,5-35H2,1-4H3. The smallest absolute Gasteiger partial charge is 0.313 e. The van der Waals surface area contributed by atoms with Crippen LogP contribution in [-0.4, -0.2) is 75.3 Å². The van der Waals surface area contributed by atoms with Gasteiger partial charge < -0.3 is 19.1 Å². The first-order chi connectivity index (χ1) is 24.2. The highest BCUT2D eigenvalue weighted by atomic mass is 16.5. The summed E-state index contributed by atoms with van der Waals surface area (Å²) < 4.78 is 15.0. The molecule has 0 radical (unpaired) electrons. The normalized spacial score (nSPS) is 11.2. The fraction of sp³-hybridized carbons (Fsp3) is 0.878. The van der Waals surface area contributed by atoms with Gasteiger partial charge in [-0.2, -0.15) is 0 Å². The third-order valence-electron chi connectivity index (χ3n) is 9.39. The highest BCUT2D eigenvalue weighted by Crippen LogP contribution is 2.19. The Bertz CT molecular complexity index is 819. The Morgan fingerprint density at radius 2 is 0.740 bits per heavy atom. The molecular formula is C41H75NO8. The van der Waals surface area contributed by atoms with Crippen LogP contribution in [0.15, 0.2) is 0 Å². The molecule has 9 nitrogen and oxygen atoms in total. The molecule has 0 heterocycles. The SMILES string of the molecule is COC(=O)CC(=O)CCCCCCCCCCCCCC(CCCCCCCCCCCCCC(=O)CC(=O)OC)OC(=O)CCCN(C)C. The lowest BCUT2D eigenvalue weighted by atomic mass is 10.0. The number of unbranched alkanes of at least 4 members (excludes halogenated alkanes) is 20. The minimum atomic E-state index is -0.442. The van der Waals surface area contributed by atoms with E-state index in [1.54, 1.807) is 0 Å². The van der Waals surface area contributed by atoms with Crippen LogP contribution in [0.25, 0.3) is 0 Å². The van der Waals surface area contributed by atoms with Crippen molar-refractivity contribution < 1.29 is 38.2 Å². The van der Waals surface area contributed by atoms with E-state index in [2.05, 4.69) is 14.4 Å². The summed E-state index contributed by atoms with van der Waals surface area (Å²) in [6.45, 7) is 0.902. The first kappa shape index (κ1) is 47.7. The number of hydrogen-bond donors (Lipinski definition) is 0. The summed E-state index contributed by atoms with van der Waals surface area (Å²) in [4.78, 5) is 60.2. The number of rotatable bonds is 37. The van der Waals surface area contributed by atoms with Gasteiger partial charge in [0, 0.05) is 19.3 Å². The molecule has 0 unspecified atom stereocenters. The molecule has 0 rings (SSSR count). The Morgan fingerprint density at radius 3 is 1.06 bits per heavy atom. The van der Waals surface area contributed by atoms with Crippen LogP contribution in [0.5, 0.6) is 0 Å². The second kappa shape index (κ2) is 35.1. The minimum absolute atomic E-state index is 0.0213. The zero-order valence-corrected chi connectivity index (χ0v) is 32.7. The van der Waals surface area contributed by atoms with Gasteiger partial charge in [-0.3, -0.25) is 24.0 Å². The summed E-state index contributed by atoms with van der Waals surface area (Å²) in [5, 5.41) is 0. The van der Waals surface area contributed by atoms with Crippen molar-refractivity contribution in [1.29, 1.82) is 0 Å². The fourth-order valence-corrected chi connectivity index (χ4v) is 6.26. The monoisotopic (exact) mass is 710 g/mol. The third-order valence-corrected chi connectivity index (χ3v) is 9.39. The fourth-order valence-electron chi connectivity index (χ4n) is 6.26. The van der Waals surface area contributed by atoms with Crippen molar-refractivity contribution >= 4 is 29.5 Å². The van der Waals surface area contributed by atoms with Crippen molar-refractivity contribution in [3.8, 4) is 0 Å². The van der Waals surface area contributed by atoms with Crippen LogP contribution in [0.3, 0.4) is 0 Å². The van der Waals surface area contributed by atoms with Crippen molar-refractivity contribution in [2.24, 2.45) is 0 Å². The lowest BCUT2D eigenvalue weighted by Gasteiger charge is -2.18. The summed E-state index contributed by atoms with van der Waals surface area (Å²) in [5.74, 6) is -0.971. The van der Waals surface area contributed by atoms with Gasteiger partial charge in [-0.05, 0) is 65.6 Å². The lowest BCUT2D eigenvalue weighted by molar-refractivity contribution is -0.150. The van der Waals surface area contributed by atoms with E-state index in [1.807, 2.05) is 14.1 Å². The number of Topliss-reactive ketones (excluding diaryl/α,β-unsaturated/α-hetero) is 2. The molecule has 0 bridgehead atoms. The molecule has 50 heavy (non-hydrogen) atoms. The van der Waals surface area contributed by atoms with Gasteiger partial charge in [-0.25, -0.2) is 0 Å². The van der Waals surface area contributed by atoms with Gasteiger partial charge in [0.25, 0.3) is 0 Å². The van der Waals surface area contributed by atoms with Gasteiger partial charge in [-0.15, -0.1) is 0 Å². The highest BCUT2D eigenvalue weighted by molar-refractivity contribution is 5.95. The van der Waals surface area contributed by atoms with Crippen LogP contribution >= 0.6 is 0 Å². The zero-order valence-electron chi connectivity index (χ0n) is 32.7. The van der Waals surface area contributed by atoms with E-state index in [0.717, 1.165) is 77.2 Å². The summed E-state index contributed by atoms with van der Waals surface area (Å²) >= 11 is 0. The van der Waals surface area contributed by atoms with Crippen LogP contribution in [0.2, 0.25) is 0 Å². The Hall–Kier alpha value is -2.29. The summed E-state index contributed by atoms with van der Waals surface area (Å²) in [6.07, 6.45) is 29.8. The van der Waals surface area contributed by atoms with Crippen molar-refractivity contribution in [2.45, 2.75) is 199 Å². The predicted octanol–water partition coefficient (Wildman–Crippen LogP) is 9.65. The van der Waals surface area contributed by atoms with Gasteiger partial charge in [0.2, 0.25) is 0 Å². The lowest BCUT2D eigenvalue weighted by Crippen LogP contribution is -2.20. The van der Waals surface area contributed by atoms with Gasteiger partial charge in [-0.1, -0.05) is 116 Å². The maximum absolute atomic E-state index is 12.5. The molecule has 0 spiro atoms. The van der Waals surface area contributed by atoms with Crippen LogP contribution in [0.4, 0.5) is 0 Å². The zero-order chi connectivity index (χ0) is 37.1. The average Bonchev–Trinajstić information content (AvgIpc) is 3.08. The minimum Gasteiger partial charge on any atom is -0.469 e. The molecule has 0 aromatic rings. The van der Waals surface area contributed by atoms with Gasteiger partial charge >= 0.3 is 17.9 Å². The van der Waals surface area contributed by atoms with Gasteiger partial charge in [0.1, 0.15) is 30.5 Å². The first-order valence-corrected chi connectivity index (χ1v) is 20.2. The molecule has 0 aliphatic heterocycles. The van der Waals surface area contributed by atoms with E-state index >= 15 is 0 Å². The van der Waals surface area contributed by atoms with Crippen molar-refractivity contribution in [2.75, 3.05) is 34.9 Å². The summed E-state index contributed by atoms with van der Waals surface area (Å²) in [6, 6.07) is 0. The third kappa shape index (κ3) is 34.2. The molecule has 0 saturated heterocycles. The van der Waals surface area contributed by atoms with Crippen molar-refractivity contribution in [3.63, 3.8) is 0 Å². The van der Waals surface area contributed by atoms with Crippen molar-refractivity contribution in [3.05, 3.63) is 0 Å². The Morgan fingerprint density at radius 1 is 0.420 bits per heavy atom. The number of hydrogen-bond acceptors (Lipinski definition) is 9. The Balaban J connectivity index is 3.95. The molecule has 0 fully saturated rings. The number of esters is 3. The topological polar surface area (TPSA) is 116 Å². The largest absolute Gasteiger partial charge is 0.469 e. The number of carbonyl (C=O) groups is 5. The Kier molecular flexibility index (Phi) is 33.5. The summed E-state index contributed by atoms with van der Waals surface area (Å²) in [7, 11) is 6.68. The number of ketones is 2. The molecule has 292 valence electrons. The molecule has 0 aliphatic carbocycles. The molecule has 0 N–H and O–H groups in total. The van der Waals surface area contributed by atoms with Gasteiger partial charge in [0.15, 0.2) is 0 Å². The van der Waals surface area contributed by atoms with E-state index in [4.69, 9.17) is 4.74 Å². The van der Waals surface area contributed by atoms with Crippen LogP contribution in [0, 0.1) is 0 Å². The average molecular weight is 710 g/mol. The van der Waals surface area contributed by atoms with Crippen LogP contribution in [-0.2, 0) is 38.2 Å². The molecule has 0 aliphatic rings. The molecule has 0 amide bonds. The van der Waals surface area contributed by atoms with E-state index < -0.39 is 11.9 Å². The van der Waals surface area contributed by atoms with Crippen LogP contribution in [0.1, 0.15) is 193 Å². The number of ether oxygens (including phenoxy) is 3. The molecule has 9 heteroatoms. The number of methoxy groups -OCH3 is 2. The molecule has 0 atom stereocenters. The van der Waals surface area contributed by atoms with Crippen molar-refractivity contribution in [1.82, 2.24) is 4.90 Å². The predicted molar refractivity (Wildman–Crippen MR) is 201 cm³/mol. The first-order valence-electron chi connectivity index (χ1n) is 20.2. The second-order valence-corrected chi connectivity index (χ2v) is 14.5. The number of nitrogens with zero attached hydrogens (tertiary/aromatic N) is 1. The molecule has 0 aromatic carbocycles. The Labute approximate surface area is 305 Å². The molecule has 0 aromatic heterocycles. The van der Waals surface area contributed by atoms with E-state index in [1.165, 1.54) is 104 Å². The summed E-state index contributed by atoms with van der Waals surface area (Å²) in [5.41, 5.74) is 0. The quantitative estimate of drug-likeness (QED) is 0.0269. The van der Waals surface area contributed by atoms with Gasteiger partial charge in [0.05, 0.1) is 14.2 Å². The van der Waals surface area contributed by atoms with E-state index in [0.29, 0.717) is 19.3 Å². The maximum Gasteiger partial charge on any atom is 0.313 e. The second-order valence-electron chi connectivity index (χ2n) is 14.5. The van der Waals surface area contributed by atoms with E-state index in [-0.39, 0.29) is 36.5 Å². The van der Waals surface area contributed by atoms with E-state index in [9.17, 15) is 24.0 Å². The highest BCUT2D eigenvalue weighted by Gasteiger charge is 2.15.